The largest absolute Gasteiger partial charge is 0.461 e. The second-order valence-electron chi connectivity index (χ2n) is 15.4. The zero-order chi connectivity index (χ0) is 43.0. The van der Waals surface area contributed by atoms with Crippen LogP contribution in [-0.4, -0.2) is 94.8 Å². The molecule has 0 aromatic carbocycles. The third-order valence-corrected chi connectivity index (χ3v) is 9.65. The van der Waals surface area contributed by atoms with Gasteiger partial charge in [0.15, 0.2) is 41.4 Å². The highest BCUT2D eigenvalue weighted by atomic mass is 16.6. The normalized spacial score (nSPS) is 29.8. The highest BCUT2D eigenvalue weighted by Gasteiger charge is 2.68. The van der Waals surface area contributed by atoms with E-state index in [0.29, 0.717) is 0 Å². The van der Waals surface area contributed by atoms with Gasteiger partial charge in [0.25, 0.3) is 0 Å². The molecule has 3 rings (SSSR count). The van der Waals surface area contributed by atoms with Gasteiger partial charge in [0, 0.05) is 69.8 Å². The quantitative estimate of drug-likeness (QED) is 0.173. The Morgan fingerprint density at radius 1 is 0.860 bits per heavy atom. The topological polar surface area (TPSA) is 214 Å². The first-order valence-corrected chi connectivity index (χ1v) is 18.6. The SMILES string of the molecule is CCC(=O)O[C@@H]1[C@@H]2/C=C(/COC(C)=O)[C@H](OC(=O)C(C)C)[C@@H](OC(C)=O)[C@@H](OC(=O)c3cccnc3)C(C)(C)/C=C/[C@@H](C)C(=O)[C@@]2(OC(C)=O)C[C@@]1(C)OC(C)=O. The van der Waals surface area contributed by atoms with Gasteiger partial charge in [-0.2, -0.15) is 0 Å². The molecular weight excluding hydrogens is 746 g/mol. The van der Waals surface area contributed by atoms with E-state index in [1.54, 1.807) is 13.8 Å². The first-order chi connectivity index (χ1) is 26.5. The summed E-state index contributed by atoms with van der Waals surface area (Å²) in [6.45, 7) is 14.5. The summed E-state index contributed by atoms with van der Waals surface area (Å²) >= 11 is 0. The van der Waals surface area contributed by atoms with Gasteiger partial charge in [0.05, 0.1) is 17.4 Å². The molecule has 1 aromatic rings. The van der Waals surface area contributed by atoms with Crippen LogP contribution in [0.1, 0.15) is 99.4 Å². The number of allylic oxidation sites excluding steroid dienone is 1. The highest BCUT2D eigenvalue weighted by molar-refractivity contribution is 5.94. The third kappa shape index (κ3) is 11.1. The van der Waals surface area contributed by atoms with Crippen molar-refractivity contribution in [2.45, 2.75) is 125 Å². The van der Waals surface area contributed by atoms with Crippen molar-refractivity contribution in [2.75, 3.05) is 6.61 Å². The Hall–Kier alpha value is -5.41. The molecule has 8 atom stereocenters. The lowest BCUT2D eigenvalue weighted by Crippen LogP contribution is -2.54. The standard InChI is InChI=1S/C41H53NO15/c1-12-31(47)53-35-30-18-29(20-51-24(5)43)32(54-37(49)22(2)3)33(52-25(6)44)36(55-38(50)28-14-13-17-42-19-28)39(9,10)16-15-23(4)34(48)41(30,57-27(8)46)21-40(35,11)56-26(7)45/h13-19,22-23,30,32-33,35-36H,12,20-21H2,1-11H3/b16-15+,29-18-/t23-,30+,32+,33-,35-,36-,40-,41-/m1/s1. The Morgan fingerprint density at radius 3 is 2.04 bits per heavy atom. The molecule has 2 aliphatic carbocycles. The van der Waals surface area contributed by atoms with Gasteiger partial charge in [-0.05, 0) is 19.1 Å². The summed E-state index contributed by atoms with van der Waals surface area (Å²) < 4.78 is 41.3. The van der Waals surface area contributed by atoms with E-state index in [4.69, 9.17) is 33.2 Å². The molecule has 1 saturated carbocycles. The zero-order valence-corrected chi connectivity index (χ0v) is 34.3. The molecule has 0 saturated heterocycles. The van der Waals surface area contributed by atoms with Crippen molar-refractivity contribution in [1.29, 1.82) is 0 Å². The number of Topliss-reactive ketones (excluding diaryl/α,β-unsaturated/α-hetero) is 1. The minimum Gasteiger partial charge on any atom is -0.461 e. The Balaban J connectivity index is 2.61. The van der Waals surface area contributed by atoms with Gasteiger partial charge in [-0.3, -0.25) is 38.5 Å². The van der Waals surface area contributed by atoms with Crippen LogP contribution in [0.25, 0.3) is 0 Å². The molecule has 0 bridgehead atoms. The smallest absolute Gasteiger partial charge is 0.340 e. The summed E-state index contributed by atoms with van der Waals surface area (Å²) in [4.78, 5) is 111. The van der Waals surface area contributed by atoms with Crippen molar-refractivity contribution in [3.63, 3.8) is 0 Å². The molecule has 16 heteroatoms. The van der Waals surface area contributed by atoms with E-state index in [-0.39, 0.29) is 17.6 Å². The maximum Gasteiger partial charge on any atom is 0.340 e. The van der Waals surface area contributed by atoms with Crippen molar-refractivity contribution in [1.82, 2.24) is 4.98 Å². The summed E-state index contributed by atoms with van der Waals surface area (Å²) in [5.74, 6) is -10.0. The van der Waals surface area contributed by atoms with Gasteiger partial charge in [0.1, 0.15) is 6.61 Å². The van der Waals surface area contributed by atoms with Crippen molar-refractivity contribution in [2.24, 2.45) is 23.2 Å². The number of pyridine rings is 1. The number of carbonyl (C=O) groups excluding carboxylic acids is 8. The minimum absolute atomic E-state index is 0.0300. The zero-order valence-electron chi connectivity index (χ0n) is 34.3. The van der Waals surface area contributed by atoms with E-state index in [2.05, 4.69) is 4.98 Å². The van der Waals surface area contributed by atoms with E-state index in [1.807, 2.05) is 0 Å². The molecule has 0 N–H and O–H groups in total. The molecular formula is C41H53NO15. The Kier molecular flexibility index (Phi) is 15.1. The molecule has 1 heterocycles. The molecule has 16 nitrogen and oxygen atoms in total. The number of ether oxygens (including phenoxy) is 7. The van der Waals surface area contributed by atoms with Crippen molar-refractivity contribution < 1.29 is 71.5 Å². The predicted molar refractivity (Wildman–Crippen MR) is 198 cm³/mol. The fraction of sp³-hybridized carbons (Fsp3) is 0.585. The van der Waals surface area contributed by atoms with Crippen LogP contribution >= 0.6 is 0 Å². The minimum atomic E-state index is -2.24. The average molecular weight is 800 g/mol. The lowest BCUT2D eigenvalue weighted by molar-refractivity contribution is -0.181. The molecule has 0 aliphatic heterocycles. The number of hydrogen-bond donors (Lipinski definition) is 0. The average Bonchev–Trinajstić information content (AvgIpc) is 3.33. The summed E-state index contributed by atoms with van der Waals surface area (Å²) in [7, 11) is 0. The number of ketones is 1. The molecule has 1 fully saturated rings. The first kappa shape index (κ1) is 46.0. The summed E-state index contributed by atoms with van der Waals surface area (Å²) in [6.07, 6.45) is -0.144. The van der Waals surface area contributed by atoms with Gasteiger partial charge >= 0.3 is 41.8 Å². The molecule has 312 valence electrons. The van der Waals surface area contributed by atoms with Crippen LogP contribution in [-0.2, 0) is 66.7 Å². The number of hydrogen-bond acceptors (Lipinski definition) is 16. The van der Waals surface area contributed by atoms with E-state index in [9.17, 15) is 38.4 Å². The monoisotopic (exact) mass is 799 g/mol. The highest BCUT2D eigenvalue weighted by Crippen LogP contribution is 2.52. The van der Waals surface area contributed by atoms with Crippen molar-refractivity contribution in [3.8, 4) is 0 Å². The molecule has 1 aromatic heterocycles. The number of fused-ring (bicyclic) bond motifs is 1. The molecule has 0 radical (unpaired) electrons. The Morgan fingerprint density at radius 2 is 1.51 bits per heavy atom. The fourth-order valence-corrected chi connectivity index (χ4v) is 7.09. The maximum absolute atomic E-state index is 15.0. The number of aromatic nitrogens is 1. The maximum atomic E-state index is 15.0. The number of carbonyl (C=O) groups is 8. The van der Waals surface area contributed by atoms with E-state index >= 15 is 0 Å². The van der Waals surface area contributed by atoms with Gasteiger partial charge in [0.2, 0.25) is 0 Å². The molecule has 2 aliphatic rings. The van der Waals surface area contributed by atoms with Gasteiger partial charge < -0.3 is 33.2 Å². The second-order valence-corrected chi connectivity index (χ2v) is 15.4. The molecule has 0 unspecified atom stereocenters. The Bertz CT molecular complexity index is 1780. The van der Waals surface area contributed by atoms with Gasteiger partial charge in [-0.1, -0.05) is 59.8 Å². The van der Waals surface area contributed by atoms with Crippen molar-refractivity contribution >= 4 is 47.6 Å². The van der Waals surface area contributed by atoms with Crippen LogP contribution in [0.3, 0.4) is 0 Å². The Labute approximate surface area is 331 Å². The summed E-state index contributed by atoms with van der Waals surface area (Å²) in [5, 5.41) is 0. The number of esters is 7. The van der Waals surface area contributed by atoms with Crippen LogP contribution in [0.2, 0.25) is 0 Å². The summed E-state index contributed by atoms with van der Waals surface area (Å²) in [6, 6.07) is 2.96. The number of nitrogens with zero attached hydrogens (tertiary/aromatic N) is 1. The lowest BCUT2D eigenvalue weighted by atomic mass is 9.75. The lowest BCUT2D eigenvalue weighted by Gasteiger charge is -2.41. The second kappa shape index (κ2) is 18.7. The fourth-order valence-electron chi connectivity index (χ4n) is 7.09. The van der Waals surface area contributed by atoms with Crippen LogP contribution in [0.4, 0.5) is 0 Å². The summed E-state index contributed by atoms with van der Waals surface area (Å²) in [5.41, 5.74) is -5.53. The van der Waals surface area contributed by atoms with E-state index in [0.717, 1.165) is 27.7 Å². The van der Waals surface area contributed by atoms with Crippen LogP contribution in [0.15, 0.2) is 48.3 Å². The van der Waals surface area contributed by atoms with Gasteiger partial charge in [-0.25, -0.2) is 4.79 Å². The van der Waals surface area contributed by atoms with Crippen LogP contribution in [0.5, 0.6) is 0 Å². The molecule has 0 amide bonds. The first-order valence-electron chi connectivity index (χ1n) is 18.6. The van der Waals surface area contributed by atoms with Crippen molar-refractivity contribution in [3.05, 3.63) is 53.9 Å². The van der Waals surface area contributed by atoms with Gasteiger partial charge in [-0.15, -0.1) is 0 Å². The van der Waals surface area contributed by atoms with Crippen LogP contribution < -0.4 is 0 Å². The third-order valence-electron chi connectivity index (χ3n) is 9.65. The van der Waals surface area contributed by atoms with Crippen LogP contribution in [0, 0.1) is 23.2 Å². The number of rotatable bonds is 11. The molecule has 57 heavy (non-hydrogen) atoms. The van der Waals surface area contributed by atoms with E-state index in [1.165, 1.54) is 77.4 Å². The van der Waals surface area contributed by atoms with E-state index < -0.39 is 119 Å². The molecule has 0 spiro atoms. The predicted octanol–water partition coefficient (Wildman–Crippen LogP) is 4.36.